The van der Waals surface area contributed by atoms with Crippen LogP contribution in [0, 0.1) is 11.3 Å². The molecule has 4 rings (SSSR count). The van der Waals surface area contributed by atoms with Gasteiger partial charge in [0.05, 0.1) is 5.56 Å². The number of nitrogens with zero attached hydrogens (tertiary/aromatic N) is 4. The van der Waals surface area contributed by atoms with Gasteiger partial charge in [0, 0.05) is 24.0 Å². The van der Waals surface area contributed by atoms with Crippen molar-refractivity contribution in [2.45, 2.75) is 18.3 Å². The summed E-state index contributed by atoms with van der Waals surface area (Å²) in [6.07, 6.45) is 3.90. The first-order valence-electron chi connectivity index (χ1n) is 7.68. The van der Waals surface area contributed by atoms with E-state index in [2.05, 4.69) is 31.2 Å². The highest BCUT2D eigenvalue weighted by molar-refractivity contribution is 5.59. The van der Waals surface area contributed by atoms with Crippen LogP contribution in [0.5, 0.6) is 0 Å². The van der Waals surface area contributed by atoms with Crippen molar-refractivity contribution >= 4 is 0 Å². The highest BCUT2D eigenvalue weighted by atomic mass is 16.2. The van der Waals surface area contributed by atoms with Crippen LogP contribution in [0.4, 0.5) is 0 Å². The molecule has 0 unspecified atom stereocenters. The minimum absolute atomic E-state index is 0.112. The Labute approximate surface area is 141 Å². The highest BCUT2D eigenvalue weighted by Crippen LogP contribution is 2.54. The largest absolute Gasteiger partial charge is 0.325 e. The topological polar surface area (TPSA) is 128 Å². The van der Waals surface area contributed by atoms with E-state index in [-0.39, 0.29) is 23.1 Å². The van der Waals surface area contributed by atoms with Crippen LogP contribution in [0.15, 0.2) is 46.2 Å². The lowest BCUT2D eigenvalue weighted by molar-refractivity contribution is 0.919. The second-order valence-electron chi connectivity index (χ2n) is 5.83. The SMILES string of the molecule is N#Cc1nnc(-c2c[nH]c(=O)[nH]c2=O)cc1[C@H]1C[C@@H]1c1ccccn1. The van der Waals surface area contributed by atoms with Crippen molar-refractivity contribution in [1.29, 1.82) is 5.26 Å². The van der Waals surface area contributed by atoms with Crippen LogP contribution in [-0.2, 0) is 0 Å². The van der Waals surface area contributed by atoms with Crippen molar-refractivity contribution in [3.63, 3.8) is 0 Å². The molecule has 3 aromatic heterocycles. The van der Waals surface area contributed by atoms with Gasteiger partial charge in [-0.2, -0.15) is 5.26 Å². The molecule has 2 N–H and O–H groups in total. The van der Waals surface area contributed by atoms with Gasteiger partial charge in [0.25, 0.3) is 5.56 Å². The Bertz CT molecular complexity index is 1100. The highest BCUT2D eigenvalue weighted by Gasteiger charge is 2.42. The Morgan fingerprint density at radius 1 is 1.20 bits per heavy atom. The van der Waals surface area contributed by atoms with Crippen LogP contribution in [0.1, 0.15) is 35.2 Å². The van der Waals surface area contributed by atoms with Gasteiger partial charge < -0.3 is 4.98 Å². The summed E-state index contributed by atoms with van der Waals surface area (Å²) in [7, 11) is 0. The van der Waals surface area contributed by atoms with Crippen LogP contribution in [0.3, 0.4) is 0 Å². The van der Waals surface area contributed by atoms with Crippen LogP contribution in [0.25, 0.3) is 11.3 Å². The van der Waals surface area contributed by atoms with Crippen molar-refractivity contribution in [2.75, 3.05) is 0 Å². The molecule has 3 heterocycles. The minimum Gasteiger partial charge on any atom is -0.313 e. The maximum absolute atomic E-state index is 12.0. The lowest BCUT2D eigenvalue weighted by atomic mass is 10.0. The predicted molar refractivity (Wildman–Crippen MR) is 87.8 cm³/mol. The molecule has 1 aliphatic carbocycles. The third kappa shape index (κ3) is 2.72. The average molecular weight is 332 g/mol. The zero-order chi connectivity index (χ0) is 17.4. The fourth-order valence-electron chi connectivity index (χ4n) is 2.97. The normalized spacial score (nSPS) is 18.5. The van der Waals surface area contributed by atoms with E-state index in [4.69, 9.17) is 0 Å². The number of aromatic amines is 2. The fraction of sp³-hybridized carbons (Fsp3) is 0.176. The van der Waals surface area contributed by atoms with Crippen molar-refractivity contribution < 1.29 is 0 Å². The molecule has 0 spiro atoms. The van der Waals surface area contributed by atoms with Gasteiger partial charge in [-0.15, -0.1) is 10.2 Å². The number of hydrogen-bond acceptors (Lipinski definition) is 6. The number of nitrogens with one attached hydrogen (secondary N) is 2. The molecule has 8 nitrogen and oxygen atoms in total. The Morgan fingerprint density at radius 3 is 2.80 bits per heavy atom. The van der Waals surface area contributed by atoms with Gasteiger partial charge in [-0.3, -0.25) is 14.8 Å². The third-order valence-electron chi connectivity index (χ3n) is 4.28. The van der Waals surface area contributed by atoms with Crippen molar-refractivity contribution in [3.8, 4) is 17.3 Å². The molecule has 1 saturated carbocycles. The summed E-state index contributed by atoms with van der Waals surface area (Å²) in [6, 6.07) is 9.49. The molecule has 0 saturated heterocycles. The number of aromatic nitrogens is 5. The Balaban J connectivity index is 1.75. The van der Waals surface area contributed by atoms with E-state index in [0.717, 1.165) is 17.7 Å². The standard InChI is InChI=1S/C17H12N6O2/c18-7-15-11(9-5-10(9)13-3-1-2-4-19-13)6-14(22-23-15)12-8-20-17(25)21-16(12)24/h1-4,6,8-10H,5H2,(H2,20,21,24,25)/t9-,10-/m0/s1. The molecule has 0 aromatic carbocycles. The van der Waals surface area contributed by atoms with Gasteiger partial charge in [-0.25, -0.2) is 4.79 Å². The number of nitriles is 1. The predicted octanol–water partition coefficient (Wildman–Crippen LogP) is 1.06. The number of H-pyrrole nitrogens is 2. The average Bonchev–Trinajstić information content (AvgIpc) is 3.43. The van der Waals surface area contributed by atoms with Crippen LogP contribution < -0.4 is 11.2 Å². The van der Waals surface area contributed by atoms with E-state index in [1.807, 2.05) is 18.2 Å². The smallest absolute Gasteiger partial charge is 0.313 e. The van der Waals surface area contributed by atoms with E-state index in [9.17, 15) is 14.9 Å². The molecule has 2 atom stereocenters. The molecule has 8 heteroatoms. The third-order valence-corrected chi connectivity index (χ3v) is 4.28. The first-order chi connectivity index (χ1) is 12.2. The zero-order valence-corrected chi connectivity index (χ0v) is 12.9. The maximum Gasteiger partial charge on any atom is 0.325 e. The van der Waals surface area contributed by atoms with Gasteiger partial charge in [0.1, 0.15) is 11.8 Å². The Hall–Kier alpha value is -3.60. The molecule has 0 aliphatic heterocycles. The van der Waals surface area contributed by atoms with Gasteiger partial charge >= 0.3 is 5.69 Å². The van der Waals surface area contributed by atoms with Crippen molar-refractivity contribution in [3.05, 3.63) is 74.4 Å². The van der Waals surface area contributed by atoms with Crippen LogP contribution in [-0.4, -0.2) is 25.1 Å². The van der Waals surface area contributed by atoms with E-state index < -0.39 is 11.2 Å². The van der Waals surface area contributed by atoms with Crippen molar-refractivity contribution in [1.82, 2.24) is 25.1 Å². The van der Waals surface area contributed by atoms with Gasteiger partial charge in [0.2, 0.25) is 0 Å². The summed E-state index contributed by atoms with van der Waals surface area (Å²) in [6.45, 7) is 0. The van der Waals surface area contributed by atoms with Crippen LogP contribution >= 0.6 is 0 Å². The zero-order valence-electron chi connectivity index (χ0n) is 12.9. The second kappa shape index (κ2) is 5.79. The van der Waals surface area contributed by atoms with E-state index in [0.29, 0.717) is 5.69 Å². The summed E-state index contributed by atoms with van der Waals surface area (Å²) >= 11 is 0. The first kappa shape index (κ1) is 15.0. The summed E-state index contributed by atoms with van der Waals surface area (Å²) in [5, 5.41) is 17.2. The molecule has 1 aliphatic rings. The molecular weight excluding hydrogens is 320 g/mol. The lowest BCUT2D eigenvalue weighted by Gasteiger charge is -2.05. The van der Waals surface area contributed by atoms with Crippen LogP contribution in [0.2, 0.25) is 0 Å². The molecule has 1 fully saturated rings. The van der Waals surface area contributed by atoms with E-state index in [1.54, 1.807) is 12.3 Å². The van der Waals surface area contributed by atoms with Gasteiger partial charge in [-0.05, 0) is 36.1 Å². The molecule has 0 radical (unpaired) electrons. The minimum atomic E-state index is -0.590. The molecule has 3 aromatic rings. The Morgan fingerprint density at radius 2 is 2.08 bits per heavy atom. The van der Waals surface area contributed by atoms with E-state index >= 15 is 0 Å². The summed E-state index contributed by atoms with van der Waals surface area (Å²) in [5.74, 6) is 0.333. The summed E-state index contributed by atoms with van der Waals surface area (Å²) in [5.41, 5.74) is 1.34. The van der Waals surface area contributed by atoms with E-state index in [1.165, 1.54) is 6.20 Å². The van der Waals surface area contributed by atoms with Gasteiger partial charge in [-0.1, -0.05) is 6.07 Å². The first-order valence-corrected chi connectivity index (χ1v) is 7.68. The maximum atomic E-state index is 12.0. The fourth-order valence-corrected chi connectivity index (χ4v) is 2.97. The molecule has 0 bridgehead atoms. The number of hydrogen-bond donors (Lipinski definition) is 2. The number of pyridine rings is 1. The Kier molecular flexibility index (Phi) is 3.47. The lowest BCUT2D eigenvalue weighted by Crippen LogP contribution is -2.23. The summed E-state index contributed by atoms with van der Waals surface area (Å²) < 4.78 is 0. The summed E-state index contributed by atoms with van der Waals surface area (Å²) in [4.78, 5) is 32.1. The molecule has 122 valence electrons. The monoisotopic (exact) mass is 332 g/mol. The van der Waals surface area contributed by atoms with Crippen molar-refractivity contribution in [2.24, 2.45) is 0 Å². The van der Waals surface area contributed by atoms with Gasteiger partial charge in [0.15, 0.2) is 5.69 Å². The molecule has 0 amide bonds. The quantitative estimate of drug-likeness (QED) is 0.738. The number of rotatable bonds is 3. The second-order valence-corrected chi connectivity index (χ2v) is 5.83. The molecule has 25 heavy (non-hydrogen) atoms. The molecular formula is C17H12N6O2.